The van der Waals surface area contributed by atoms with Crippen molar-refractivity contribution in [2.45, 2.75) is 40.2 Å². The fourth-order valence-electron chi connectivity index (χ4n) is 2.49. The molecule has 0 fully saturated rings. The molecule has 2 rings (SSSR count). The summed E-state index contributed by atoms with van der Waals surface area (Å²) in [6.07, 6.45) is 0.449. The van der Waals surface area contributed by atoms with Crippen molar-refractivity contribution in [2.24, 2.45) is 5.41 Å². The molecule has 4 heteroatoms. The zero-order valence-electron chi connectivity index (χ0n) is 15.2. The number of carbonyl (C=O) groups is 2. The molecule has 132 valence electrons. The van der Waals surface area contributed by atoms with Gasteiger partial charge in [0.1, 0.15) is 0 Å². The second kappa shape index (κ2) is 7.97. The van der Waals surface area contributed by atoms with Crippen molar-refractivity contribution in [2.75, 3.05) is 5.32 Å². The molecule has 0 atom stereocenters. The van der Waals surface area contributed by atoms with Crippen LogP contribution in [0.5, 0.6) is 0 Å². The standard InChI is InChI=1S/C21H25NO3/c1-15(2)25-19(23)17-11-8-12-18(13-17)22-20(24)21(3,4)14-16-9-6-5-7-10-16/h5-13,15H,14H2,1-4H3,(H,22,24). The van der Waals surface area contributed by atoms with E-state index in [9.17, 15) is 9.59 Å². The molecule has 0 aromatic heterocycles. The molecule has 0 unspecified atom stereocenters. The number of carbonyl (C=O) groups excluding carboxylic acids is 2. The predicted octanol–water partition coefficient (Wildman–Crippen LogP) is 4.46. The van der Waals surface area contributed by atoms with Crippen molar-refractivity contribution in [3.8, 4) is 0 Å². The maximum absolute atomic E-state index is 12.7. The van der Waals surface area contributed by atoms with Gasteiger partial charge in [-0.15, -0.1) is 0 Å². The molecule has 25 heavy (non-hydrogen) atoms. The average molecular weight is 339 g/mol. The van der Waals surface area contributed by atoms with Crippen molar-refractivity contribution >= 4 is 17.6 Å². The molecule has 2 aromatic carbocycles. The van der Waals surface area contributed by atoms with Crippen LogP contribution >= 0.6 is 0 Å². The highest BCUT2D eigenvalue weighted by Crippen LogP contribution is 2.24. The number of ether oxygens (including phenoxy) is 1. The number of nitrogens with one attached hydrogen (secondary N) is 1. The molecule has 0 aliphatic heterocycles. The molecule has 0 bridgehead atoms. The minimum atomic E-state index is -0.574. The highest BCUT2D eigenvalue weighted by Gasteiger charge is 2.28. The Bertz CT molecular complexity index is 736. The summed E-state index contributed by atoms with van der Waals surface area (Å²) in [4.78, 5) is 24.7. The SMILES string of the molecule is CC(C)OC(=O)c1cccc(NC(=O)C(C)(C)Cc2ccccc2)c1. The predicted molar refractivity (Wildman–Crippen MR) is 99.6 cm³/mol. The van der Waals surface area contributed by atoms with E-state index in [0.29, 0.717) is 17.7 Å². The summed E-state index contributed by atoms with van der Waals surface area (Å²) in [5.41, 5.74) is 1.55. The lowest BCUT2D eigenvalue weighted by molar-refractivity contribution is -0.123. The van der Waals surface area contributed by atoms with Gasteiger partial charge in [0.15, 0.2) is 0 Å². The van der Waals surface area contributed by atoms with Gasteiger partial charge in [0.2, 0.25) is 5.91 Å². The number of hydrogen-bond acceptors (Lipinski definition) is 3. The van der Waals surface area contributed by atoms with Gasteiger partial charge in [0.05, 0.1) is 11.7 Å². The molecule has 0 aliphatic rings. The Balaban J connectivity index is 2.08. The van der Waals surface area contributed by atoms with E-state index in [2.05, 4.69) is 5.32 Å². The zero-order valence-corrected chi connectivity index (χ0v) is 15.2. The Morgan fingerprint density at radius 3 is 2.36 bits per heavy atom. The Morgan fingerprint density at radius 1 is 1.04 bits per heavy atom. The van der Waals surface area contributed by atoms with Crippen LogP contribution in [0.1, 0.15) is 43.6 Å². The summed E-state index contributed by atoms with van der Waals surface area (Å²) in [7, 11) is 0. The molecule has 1 N–H and O–H groups in total. The molecule has 0 radical (unpaired) electrons. The Labute approximate surface area is 149 Å². The van der Waals surface area contributed by atoms with Crippen molar-refractivity contribution < 1.29 is 14.3 Å². The molecular weight excluding hydrogens is 314 g/mol. The van der Waals surface area contributed by atoms with E-state index in [1.54, 1.807) is 38.1 Å². The van der Waals surface area contributed by atoms with Gasteiger partial charge in [0, 0.05) is 11.1 Å². The lowest BCUT2D eigenvalue weighted by Gasteiger charge is -2.24. The fourth-order valence-corrected chi connectivity index (χ4v) is 2.49. The van der Waals surface area contributed by atoms with E-state index >= 15 is 0 Å². The van der Waals surface area contributed by atoms with Crippen LogP contribution in [0.3, 0.4) is 0 Å². The van der Waals surface area contributed by atoms with Crippen LogP contribution in [0.4, 0.5) is 5.69 Å². The molecule has 0 heterocycles. The summed E-state index contributed by atoms with van der Waals surface area (Å²) >= 11 is 0. The van der Waals surface area contributed by atoms with E-state index in [1.165, 1.54) is 0 Å². The lowest BCUT2D eigenvalue weighted by Crippen LogP contribution is -2.32. The topological polar surface area (TPSA) is 55.4 Å². The maximum atomic E-state index is 12.7. The van der Waals surface area contributed by atoms with Gasteiger partial charge in [-0.1, -0.05) is 50.2 Å². The van der Waals surface area contributed by atoms with Gasteiger partial charge >= 0.3 is 5.97 Å². The molecule has 2 aromatic rings. The third kappa shape index (κ3) is 5.45. The normalized spacial score (nSPS) is 11.2. The van der Waals surface area contributed by atoms with E-state index in [4.69, 9.17) is 4.74 Å². The smallest absolute Gasteiger partial charge is 0.338 e. The van der Waals surface area contributed by atoms with Gasteiger partial charge in [-0.3, -0.25) is 4.79 Å². The Hall–Kier alpha value is -2.62. The molecule has 0 saturated carbocycles. The Morgan fingerprint density at radius 2 is 1.72 bits per heavy atom. The number of amides is 1. The van der Waals surface area contributed by atoms with Crippen molar-refractivity contribution in [3.63, 3.8) is 0 Å². The third-order valence-electron chi connectivity index (χ3n) is 3.80. The van der Waals surface area contributed by atoms with E-state index in [0.717, 1.165) is 5.56 Å². The summed E-state index contributed by atoms with van der Waals surface area (Å²) in [5.74, 6) is -0.486. The molecule has 1 amide bonds. The molecular formula is C21H25NO3. The first-order valence-corrected chi connectivity index (χ1v) is 8.44. The van der Waals surface area contributed by atoms with E-state index < -0.39 is 11.4 Å². The third-order valence-corrected chi connectivity index (χ3v) is 3.80. The second-order valence-corrected chi connectivity index (χ2v) is 7.04. The lowest BCUT2D eigenvalue weighted by atomic mass is 9.84. The summed E-state index contributed by atoms with van der Waals surface area (Å²) in [6, 6.07) is 16.7. The number of rotatable bonds is 6. The van der Waals surface area contributed by atoms with Crippen LogP contribution < -0.4 is 5.32 Å². The quantitative estimate of drug-likeness (QED) is 0.791. The maximum Gasteiger partial charge on any atom is 0.338 e. The summed E-state index contributed by atoms with van der Waals surface area (Å²) in [5, 5.41) is 2.90. The van der Waals surface area contributed by atoms with Gasteiger partial charge < -0.3 is 10.1 Å². The van der Waals surface area contributed by atoms with Crippen LogP contribution in [0.25, 0.3) is 0 Å². The molecule has 4 nitrogen and oxygen atoms in total. The van der Waals surface area contributed by atoms with Crippen LogP contribution in [0, 0.1) is 5.41 Å². The fraction of sp³-hybridized carbons (Fsp3) is 0.333. The van der Waals surface area contributed by atoms with E-state index in [-0.39, 0.29) is 12.0 Å². The van der Waals surface area contributed by atoms with Crippen LogP contribution in [0.15, 0.2) is 54.6 Å². The zero-order chi connectivity index (χ0) is 18.4. The van der Waals surface area contributed by atoms with Gasteiger partial charge in [-0.2, -0.15) is 0 Å². The number of hydrogen-bond donors (Lipinski definition) is 1. The largest absolute Gasteiger partial charge is 0.459 e. The highest BCUT2D eigenvalue weighted by atomic mass is 16.5. The number of esters is 1. The van der Waals surface area contributed by atoms with E-state index in [1.807, 2.05) is 44.2 Å². The van der Waals surface area contributed by atoms with Crippen molar-refractivity contribution in [1.82, 2.24) is 0 Å². The summed E-state index contributed by atoms with van der Waals surface area (Å²) < 4.78 is 5.19. The van der Waals surface area contributed by atoms with Crippen molar-refractivity contribution in [3.05, 3.63) is 65.7 Å². The minimum Gasteiger partial charge on any atom is -0.459 e. The first kappa shape index (κ1) is 18.7. The van der Waals surface area contributed by atoms with Gasteiger partial charge in [-0.05, 0) is 44.0 Å². The van der Waals surface area contributed by atoms with Crippen LogP contribution in [0.2, 0.25) is 0 Å². The van der Waals surface area contributed by atoms with Gasteiger partial charge in [-0.25, -0.2) is 4.79 Å². The molecule has 0 saturated heterocycles. The average Bonchev–Trinajstić information content (AvgIpc) is 2.55. The second-order valence-electron chi connectivity index (χ2n) is 7.04. The number of benzene rings is 2. The van der Waals surface area contributed by atoms with Crippen LogP contribution in [-0.2, 0) is 16.0 Å². The summed E-state index contributed by atoms with van der Waals surface area (Å²) in [6.45, 7) is 7.42. The minimum absolute atomic E-state index is 0.0919. The first-order valence-electron chi connectivity index (χ1n) is 8.44. The monoisotopic (exact) mass is 339 g/mol. The molecule has 0 aliphatic carbocycles. The Kier molecular flexibility index (Phi) is 5.97. The highest BCUT2D eigenvalue weighted by molar-refractivity contribution is 5.97. The van der Waals surface area contributed by atoms with Crippen LogP contribution in [-0.4, -0.2) is 18.0 Å². The first-order chi connectivity index (χ1) is 11.8. The molecule has 0 spiro atoms. The van der Waals surface area contributed by atoms with Gasteiger partial charge in [0.25, 0.3) is 0 Å². The van der Waals surface area contributed by atoms with Crippen molar-refractivity contribution in [1.29, 1.82) is 0 Å². The number of anilines is 1.